The number of hydrogen-bond donors (Lipinski definition) is 0. The van der Waals surface area contributed by atoms with Crippen molar-refractivity contribution in [3.05, 3.63) is 42.5 Å². The monoisotopic (exact) mass is 204 g/mol. The zero-order chi connectivity index (χ0) is 9.80. The van der Waals surface area contributed by atoms with Crippen molar-refractivity contribution >= 4 is 14.2 Å². The smallest absolute Gasteiger partial charge is 0.208 e. The van der Waals surface area contributed by atoms with Crippen LogP contribution in [0, 0.1) is 0 Å². The van der Waals surface area contributed by atoms with Crippen LogP contribution in [0.5, 0.6) is 0 Å². The van der Waals surface area contributed by atoms with Crippen molar-refractivity contribution in [2.75, 3.05) is 6.61 Å². The van der Waals surface area contributed by atoms with Crippen molar-refractivity contribution in [1.82, 2.24) is 0 Å². The predicted octanol–water partition coefficient (Wildman–Crippen LogP) is 2.77. The van der Waals surface area contributed by atoms with Gasteiger partial charge in [0, 0.05) is 6.61 Å². The van der Waals surface area contributed by atoms with Crippen LogP contribution >= 0.6 is 0 Å². The molecule has 1 aromatic rings. The second kappa shape index (κ2) is 4.58. The Balaban J connectivity index is 2.07. The normalized spacial score (nSPS) is 21.9. The van der Waals surface area contributed by atoms with E-state index in [1.165, 1.54) is 29.6 Å². The highest BCUT2D eigenvalue weighted by atomic mass is 28.3. The molecule has 1 unspecified atom stereocenters. The zero-order valence-corrected chi connectivity index (χ0v) is 9.56. The summed E-state index contributed by atoms with van der Waals surface area (Å²) in [5, 5.41) is 1.27. The van der Waals surface area contributed by atoms with Crippen LogP contribution < -0.4 is 0 Å². The van der Waals surface area contributed by atoms with Gasteiger partial charge in [-0.25, -0.2) is 0 Å². The highest BCUT2D eigenvalue weighted by Crippen LogP contribution is 2.23. The van der Waals surface area contributed by atoms with Crippen molar-refractivity contribution < 1.29 is 4.43 Å². The van der Waals surface area contributed by atoms with Crippen LogP contribution in [0.15, 0.2) is 36.9 Å². The fourth-order valence-corrected chi connectivity index (χ4v) is 4.24. The Morgan fingerprint density at radius 3 is 2.64 bits per heavy atom. The van der Waals surface area contributed by atoms with Gasteiger partial charge in [-0.1, -0.05) is 43.3 Å². The maximum atomic E-state index is 5.83. The molecular formula is C12H16OSi. The van der Waals surface area contributed by atoms with Gasteiger partial charge in [-0.2, -0.15) is 0 Å². The van der Waals surface area contributed by atoms with E-state index in [2.05, 4.69) is 30.8 Å². The van der Waals surface area contributed by atoms with Gasteiger partial charge in [0.15, 0.2) is 0 Å². The summed E-state index contributed by atoms with van der Waals surface area (Å²) in [6.07, 6.45) is 2.55. The first kappa shape index (κ1) is 9.68. The molecule has 2 heteroatoms. The predicted molar refractivity (Wildman–Crippen MR) is 62.6 cm³/mol. The summed E-state index contributed by atoms with van der Waals surface area (Å²) in [5.41, 5.74) is 1.27. The summed E-state index contributed by atoms with van der Waals surface area (Å²) in [4.78, 5) is 0. The minimum absolute atomic E-state index is 0.947. The molecule has 1 nitrogen and oxygen atoms in total. The fourth-order valence-electron chi connectivity index (χ4n) is 1.85. The van der Waals surface area contributed by atoms with E-state index in [-0.39, 0.29) is 0 Å². The van der Waals surface area contributed by atoms with E-state index >= 15 is 0 Å². The van der Waals surface area contributed by atoms with Crippen LogP contribution in [-0.4, -0.2) is 15.6 Å². The summed E-state index contributed by atoms with van der Waals surface area (Å²) in [7, 11) is -1.14. The Morgan fingerprint density at radius 2 is 2.00 bits per heavy atom. The molecule has 1 aliphatic rings. The lowest BCUT2D eigenvalue weighted by atomic mass is 10.2. The molecule has 0 saturated carbocycles. The Bertz CT molecular complexity index is 301. The summed E-state index contributed by atoms with van der Waals surface area (Å²) in [6.45, 7) is 5.13. The van der Waals surface area contributed by atoms with Crippen LogP contribution in [0.25, 0.3) is 5.20 Å². The average Bonchev–Trinajstić information content (AvgIpc) is 2.30. The molecule has 1 heterocycles. The van der Waals surface area contributed by atoms with Crippen molar-refractivity contribution in [2.45, 2.75) is 18.9 Å². The highest BCUT2D eigenvalue weighted by Gasteiger charge is 2.20. The van der Waals surface area contributed by atoms with E-state index in [4.69, 9.17) is 4.43 Å². The van der Waals surface area contributed by atoms with Gasteiger partial charge in [0.1, 0.15) is 0 Å². The summed E-state index contributed by atoms with van der Waals surface area (Å²) < 4.78 is 5.83. The van der Waals surface area contributed by atoms with Gasteiger partial charge in [0.05, 0.1) is 0 Å². The van der Waals surface area contributed by atoms with E-state index in [1.807, 2.05) is 6.07 Å². The first-order valence-electron chi connectivity index (χ1n) is 5.24. The average molecular weight is 204 g/mol. The Kier molecular flexibility index (Phi) is 3.17. The maximum Gasteiger partial charge on any atom is 0.208 e. The highest BCUT2D eigenvalue weighted by molar-refractivity contribution is 6.73. The molecule has 0 N–H and O–H groups in total. The summed E-state index contributed by atoms with van der Waals surface area (Å²) in [5.74, 6) is 0. The number of benzene rings is 1. The van der Waals surface area contributed by atoms with E-state index in [0.717, 1.165) is 6.61 Å². The standard InChI is InChI=1S/C12H16OSi/c1-11(12-7-3-2-4-8-12)14-10-6-5-9-13-14/h2-4,7-8,14H,1,5-6,9-10H2. The molecule has 1 aliphatic heterocycles. The van der Waals surface area contributed by atoms with Crippen LogP contribution in [0.3, 0.4) is 0 Å². The van der Waals surface area contributed by atoms with Gasteiger partial charge in [-0.3, -0.25) is 0 Å². The molecule has 0 aromatic heterocycles. The molecule has 14 heavy (non-hydrogen) atoms. The third kappa shape index (κ3) is 2.14. The third-order valence-electron chi connectivity index (χ3n) is 2.71. The van der Waals surface area contributed by atoms with Crippen molar-refractivity contribution in [2.24, 2.45) is 0 Å². The van der Waals surface area contributed by atoms with E-state index < -0.39 is 9.04 Å². The molecule has 2 rings (SSSR count). The van der Waals surface area contributed by atoms with Gasteiger partial charge in [-0.05, 0) is 23.2 Å². The van der Waals surface area contributed by atoms with Crippen LogP contribution in [0.1, 0.15) is 18.4 Å². The van der Waals surface area contributed by atoms with Gasteiger partial charge in [-0.15, -0.1) is 0 Å². The topological polar surface area (TPSA) is 9.23 Å². The molecule has 74 valence electrons. The lowest BCUT2D eigenvalue weighted by Gasteiger charge is -2.23. The first-order valence-corrected chi connectivity index (χ1v) is 7.10. The molecule has 1 aromatic carbocycles. The Morgan fingerprint density at radius 1 is 1.21 bits per heavy atom. The van der Waals surface area contributed by atoms with Crippen LogP contribution in [0.2, 0.25) is 6.04 Å². The Hall–Kier alpha value is -0.863. The summed E-state index contributed by atoms with van der Waals surface area (Å²) in [6, 6.07) is 11.7. The first-order chi connectivity index (χ1) is 6.88. The second-order valence-electron chi connectivity index (χ2n) is 3.75. The van der Waals surface area contributed by atoms with E-state index in [9.17, 15) is 0 Å². The maximum absolute atomic E-state index is 5.83. The lowest BCUT2D eigenvalue weighted by Crippen LogP contribution is -2.24. The van der Waals surface area contributed by atoms with Crippen molar-refractivity contribution in [3.8, 4) is 0 Å². The molecular weight excluding hydrogens is 188 g/mol. The number of rotatable bonds is 2. The molecule has 1 saturated heterocycles. The van der Waals surface area contributed by atoms with Crippen LogP contribution in [0.4, 0.5) is 0 Å². The van der Waals surface area contributed by atoms with E-state index in [0.29, 0.717) is 0 Å². The Labute approximate surface area is 87.1 Å². The minimum Gasteiger partial charge on any atom is -0.415 e. The molecule has 1 atom stereocenters. The zero-order valence-electron chi connectivity index (χ0n) is 8.41. The fraction of sp³-hybridized carbons (Fsp3) is 0.333. The number of hydrogen-bond acceptors (Lipinski definition) is 1. The largest absolute Gasteiger partial charge is 0.415 e. The molecule has 0 aliphatic carbocycles. The van der Waals surface area contributed by atoms with E-state index in [1.54, 1.807) is 0 Å². The minimum atomic E-state index is -1.14. The molecule has 0 radical (unpaired) electrons. The summed E-state index contributed by atoms with van der Waals surface area (Å²) >= 11 is 0. The molecule has 0 amide bonds. The SMILES string of the molecule is C=C(c1ccccc1)[SiH]1CCCCO1. The van der Waals surface area contributed by atoms with Gasteiger partial charge < -0.3 is 4.43 Å². The van der Waals surface area contributed by atoms with Crippen molar-refractivity contribution in [3.63, 3.8) is 0 Å². The van der Waals surface area contributed by atoms with Gasteiger partial charge >= 0.3 is 0 Å². The second-order valence-corrected chi connectivity index (χ2v) is 6.33. The molecule has 0 bridgehead atoms. The molecule has 0 spiro atoms. The van der Waals surface area contributed by atoms with Crippen LogP contribution in [-0.2, 0) is 4.43 Å². The third-order valence-corrected chi connectivity index (χ3v) is 5.39. The van der Waals surface area contributed by atoms with Crippen molar-refractivity contribution in [1.29, 1.82) is 0 Å². The quantitative estimate of drug-likeness (QED) is 0.673. The van der Waals surface area contributed by atoms with Gasteiger partial charge in [0.2, 0.25) is 9.04 Å². The molecule has 1 fully saturated rings. The lowest BCUT2D eigenvalue weighted by molar-refractivity contribution is 0.295. The van der Waals surface area contributed by atoms with Gasteiger partial charge in [0.25, 0.3) is 0 Å².